The van der Waals surface area contributed by atoms with Gasteiger partial charge in [-0.15, -0.1) is 0 Å². The van der Waals surface area contributed by atoms with Gasteiger partial charge in [0.05, 0.1) is 10.3 Å². The van der Waals surface area contributed by atoms with Crippen LogP contribution in [0.1, 0.15) is 52.2 Å². The van der Waals surface area contributed by atoms with Crippen LogP contribution in [0.2, 0.25) is 0 Å². The second-order valence-corrected chi connectivity index (χ2v) is 9.77. The predicted octanol–water partition coefficient (Wildman–Crippen LogP) is 5.11. The lowest BCUT2D eigenvalue weighted by molar-refractivity contribution is -0.386. The summed E-state index contributed by atoms with van der Waals surface area (Å²) in [6, 6.07) is 13.2. The van der Waals surface area contributed by atoms with Crippen LogP contribution >= 0.6 is 0 Å². The number of benzene rings is 2. The molecule has 0 heterocycles. The van der Waals surface area contributed by atoms with Crippen molar-refractivity contribution in [3.63, 3.8) is 0 Å². The lowest BCUT2D eigenvalue weighted by Crippen LogP contribution is -2.43. The minimum Gasteiger partial charge on any atom is -0.482 e. The summed E-state index contributed by atoms with van der Waals surface area (Å²) in [4.78, 5) is 35.2. The zero-order chi connectivity index (χ0) is 25.5. The maximum atomic E-state index is 12.4. The second kappa shape index (κ2) is 11.0. The van der Waals surface area contributed by atoms with Gasteiger partial charge in [-0.05, 0) is 64.7 Å². The topological polar surface area (TPSA) is 128 Å². The summed E-state index contributed by atoms with van der Waals surface area (Å²) in [6.45, 7) is 8.46. The number of aliphatic carboxylic acids is 1. The average molecular weight is 473 g/mol. The van der Waals surface area contributed by atoms with E-state index in [1.54, 1.807) is 40.7 Å². The summed E-state index contributed by atoms with van der Waals surface area (Å²) in [5.41, 5.74) is -0.640. The van der Waals surface area contributed by atoms with E-state index in [9.17, 15) is 24.8 Å². The first kappa shape index (κ1) is 26.6. The largest absolute Gasteiger partial charge is 0.482 e. The van der Waals surface area contributed by atoms with Gasteiger partial charge in [-0.1, -0.05) is 36.4 Å². The van der Waals surface area contributed by atoms with Crippen molar-refractivity contribution in [3.05, 3.63) is 69.8 Å². The number of nitrogens with one attached hydrogen (secondary N) is 1. The lowest BCUT2D eigenvalue weighted by Gasteiger charge is -2.28. The minimum atomic E-state index is -1.13. The zero-order valence-corrected chi connectivity index (χ0v) is 20.2. The molecule has 0 aliphatic carbocycles. The normalized spacial score (nSPS) is 12.5. The van der Waals surface area contributed by atoms with Gasteiger partial charge in [-0.3, -0.25) is 14.9 Å². The fraction of sp³-hybridized carbons (Fsp3) is 0.440. The molecule has 1 amide bonds. The van der Waals surface area contributed by atoms with Gasteiger partial charge in [0.15, 0.2) is 5.75 Å². The number of hydrogen-bond donors (Lipinski definition) is 2. The first-order valence-electron chi connectivity index (χ1n) is 10.9. The van der Waals surface area contributed by atoms with Gasteiger partial charge in [0.1, 0.15) is 12.2 Å². The minimum absolute atomic E-state index is 0.0988. The number of carbonyl (C=O) groups is 2. The molecule has 0 spiro atoms. The predicted molar refractivity (Wildman–Crippen MR) is 127 cm³/mol. The van der Waals surface area contributed by atoms with Crippen LogP contribution in [0, 0.1) is 15.5 Å². The molecule has 2 rings (SSSR count). The average Bonchev–Trinajstić information content (AvgIpc) is 2.71. The van der Waals surface area contributed by atoms with Crippen molar-refractivity contribution >= 4 is 17.7 Å². The van der Waals surface area contributed by atoms with Crippen molar-refractivity contribution in [1.29, 1.82) is 0 Å². The van der Waals surface area contributed by atoms with Gasteiger partial charge in [-0.25, -0.2) is 4.79 Å². The summed E-state index contributed by atoms with van der Waals surface area (Å²) in [5, 5.41) is 23.9. The summed E-state index contributed by atoms with van der Waals surface area (Å²) in [6.07, 6.45) is -0.409. The smallest absolute Gasteiger partial charge is 0.407 e. The molecular formula is C25H32N2O7. The van der Waals surface area contributed by atoms with Crippen LogP contribution in [-0.4, -0.2) is 33.7 Å². The van der Waals surface area contributed by atoms with Crippen LogP contribution in [0.3, 0.4) is 0 Å². The molecule has 2 aromatic rings. The van der Waals surface area contributed by atoms with Gasteiger partial charge in [0.2, 0.25) is 0 Å². The van der Waals surface area contributed by atoms with E-state index in [1.165, 1.54) is 12.1 Å². The van der Waals surface area contributed by atoms with Crippen molar-refractivity contribution in [2.45, 2.75) is 65.7 Å². The quantitative estimate of drug-likeness (QED) is 0.363. The van der Waals surface area contributed by atoms with Crippen molar-refractivity contribution in [1.82, 2.24) is 5.32 Å². The molecule has 9 nitrogen and oxygen atoms in total. The molecular weight excluding hydrogens is 440 g/mol. The molecule has 0 unspecified atom stereocenters. The number of carbonyl (C=O) groups excluding carboxylic acids is 1. The van der Waals surface area contributed by atoms with E-state index in [4.69, 9.17) is 9.47 Å². The SMILES string of the molecule is CC(C)(C)OC(=O)N[C@@H](Cc1ccc(OCc2ccccc2)c([N+](=O)[O-])c1)CC(C)(C)C(=O)O. The Morgan fingerprint density at radius 3 is 2.26 bits per heavy atom. The number of alkyl carbamates (subject to hydrolysis) is 1. The lowest BCUT2D eigenvalue weighted by atomic mass is 9.84. The van der Waals surface area contributed by atoms with E-state index >= 15 is 0 Å². The highest BCUT2D eigenvalue weighted by atomic mass is 16.6. The number of amides is 1. The fourth-order valence-corrected chi connectivity index (χ4v) is 3.33. The van der Waals surface area contributed by atoms with Crippen molar-refractivity contribution in [2.24, 2.45) is 5.41 Å². The molecule has 0 fully saturated rings. The number of carboxylic acid groups (broad SMARTS) is 1. The van der Waals surface area contributed by atoms with E-state index in [1.807, 2.05) is 30.3 Å². The Kier molecular flexibility index (Phi) is 8.62. The molecule has 2 aromatic carbocycles. The second-order valence-electron chi connectivity index (χ2n) is 9.77. The highest BCUT2D eigenvalue weighted by Gasteiger charge is 2.32. The van der Waals surface area contributed by atoms with Crippen molar-refractivity contribution < 1.29 is 29.1 Å². The third-order valence-corrected chi connectivity index (χ3v) is 5.00. The standard InChI is InChI=1S/C25H32N2O7/c1-24(2,3)34-23(30)26-19(15-25(4,5)22(28)29)13-18-11-12-21(20(14-18)27(31)32)33-16-17-9-7-6-8-10-17/h6-12,14,19H,13,15-16H2,1-5H3,(H,26,30)(H,28,29)/t19-/m0/s1. The Morgan fingerprint density at radius 2 is 1.71 bits per heavy atom. The number of ether oxygens (including phenoxy) is 2. The number of nitro benzene ring substituents is 1. The highest BCUT2D eigenvalue weighted by molar-refractivity contribution is 5.74. The third kappa shape index (κ3) is 8.38. The number of nitrogens with zero attached hydrogens (tertiary/aromatic N) is 1. The molecule has 184 valence electrons. The molecule has 0 saturated carbocycles. The van der Waals surface area contributed by atoms with Crippen molar-refractivity contribution in [2.75, 3.05) is 0 Å². The molecule has 0 saturated heterocycles. The molecule has 9 heteroatoms. The fourth-order valence-electron chi connectivity index (χ4n) is 3.33. The molecule has 0 aliphatic rings. The Hall–Kier alpha value is -3.62. The molecule has 0 aliphatic heterocycles. The molecule has 0 aromatic heterocycles. The van der Waals surface area contributed by atoms with E-state index in [0.29, 0.717) is 5.56 Å². The first-order valence-corrected chi connectivity index (χ1v) is 10.9. The summed E-state index contributed by atoms with van der Waals surface area (Å²) in [5.74, 6) is -0.890. The third-order valence-electron chi connectivity index (χ3n) is 5.00. The van der Waals surface area contributed by atoms with Crippen LogP contribution in [0.4, 0.5) is 10.5 Å². The van der Waals surface area contributed by atoms with Gasteiger partial charge in [0.25, 0.3) is 0 Å². The van der Waals surface area contributed by atoms with E-state index in [2.05, 4.69) is 5.32 Å². The molecule has 1 atom stereocenters. The zero-order valence-electron chi connectivity index (χ0n) is 20.2. The summed E-state index contributed by atoms with van der Waals surface area (Å²) < 4.78 is 11.0. The monoisotopic (exact) mass is 472 g/mol. The Morgan fingerprint density at radius 1 is 1.06 bits per heavy atom. The number of carboxylic acids is 1. The van der Waals surface area contributed by atoms with Crippen molar-refractivity contribution in [3.8, 4) is 5.75 Å². The highest BCUT2D eigenvalue weighted by Crippen LogP contribution is 2.31. The van der Waals surface area contributed by atoms with Gasteiger partial charge >= 0.3 is 17.7 Å². The van der Waals surface area contributed by atoms with E-state index in [-0.39, 0.29) is 30.9 Å². The van der Waals surface area contributed by atoms with Crippen LogP contribution in [0.25, 0.3) is 0 Å². The van der Waals surface area contributed by atoms with Crippen LogP contribution < -0.4 is 10.1 Å². The van der Waals surface area contributed by atoms with Gasteiger partial charge in [-0.2, -0.15) is 0 Å². The summed E-state index contributed by atoms with van der Waals surface area (Å²) in [7, 11) is 0. The number of nitro groups is 1. The van der Waals surface area contributed by atoms with Crippen LogP contribution in [0.15, 0.2) is 48.5 Å². The van der Waals surface area contributed by atoms with Gasteiger partial charge < -0.3 is 19.9 Å². The Bertz CT molecular complexity index is 1010. The van der Waals surface area contributed by atoms with Gasteiger partial charge in [0, 0.05) is 12.1 Å². The molecule has 34 heavy (non-hydrogen) atoms. The molecule has 0 radical (unpaired) electrons. The number of hydrogen-bond acceptors (Lipinski definition) is 6. The Balaban J connectivity index is 2.24. The van der Waals surface area contributed by atoms with Crippen LogP contribution in [-0.2, 0) is 22.6 Å². The van der Waals surface area contributed by atoms with Crippen LogP contribution in [0.5, 0.6) is 5.75 Å². The molecule has 0 bridgehead atoms. The maximum absolute atomic E-state index is 12.4. The maximum Gasteiger partial charge on any atom is 0.407 e. The first-order chi connectivity index (χ1) is 15.8. The Labute approximate surface area is 199 Å². The van der Waals surface area contributed by atoms with E-state index in [0.717, 1.165) is 5.56 Å². The number of rotatable bonds is 10. The molecule has 2 N–H and O–H groups in total. The summed E-state index contributed by atoms with van der Waals surface area (Å²) >= 11 is 0. The van der Waals surface area contributed by atoms with E-state index < -0.39 is 34.0 Å².